The SMILES string of the molecule is Cc1ccc(C2=Nn3c(nnc3-c3cccc(C)c3)S[C@H]2C)cc1. The number of nitrogens with zero attached hydrogens (tertiary/aromatic N) is 4. The maximum absolute atomic E-state index is 4.88. The summed E-state index contributed by atoms with van der Waals surface area (Å²) in [6.07, 6.45) is 0. The Morgan fingerprint density at radius 3 is 2.46 bits per heavy atom. The third-order valence-electron chi connectivity index (χ3n) is 4.11. The van der Waals surface area contributed by atoms with Crippen LogP contribution in [0.4, 0.5) is 0 Å². The molecule has 3 aromatic rings. The minimum absolute atomic E-state index is 0.245. The lowest BCUT2D eigenvalue weighted by molar-refractivity contribution is 0.754. The Morgan fingerprint density at radius 1 is 0.917 bits per heavy atom. The molecule has 24 heavy (non-hydrogen) atoms. The van der Waals surface area contributed by atoms with E-state index in [1.54, 1.807) is 11.8 Å². The Morgan fingerprint density at radius 2 is 1.71 bits per heavy atom. The summed E-state index contributed by atoms with van der Waals surface area (Å²) in [6, 6.07) is 16.8. The van der Waals surface area contributed by atoms with Gasteiger partial charge in [0, 0.05) is 5.56 Å². The first-order chi connectivity index (χ1) is 11.6. The van der Waals surface area contributed by atoms with Crippen LogP contribution in [0.5, 0.6) is 0 Å². The lowest BCUT2D eigenvalue weighted by Crippen LogP contribution is -2.21. The van der Waals surface area contributed by atoms with Crippen molar-refractivity contribution in [3.63, 3.8) is 0 Å². The molecule has 2 aromatic carbocycles. The van der Waals surface area contributed by atoms with E-state index in [1.807, 2.05) is 16.8 Å². The molecular formula is C19H18N4S. The number of aryl methyl sites for hydroxylation is 2. The van der Waals surface area contributed by atoms with Gasteiger partial charge in [-0.1, -0.05) is 65.4 Å². The smallest absolute Gasteiger partial charge is 0.187 e. The lowest BCUT2D eigenvalue weighted by Gasteiger charge is -2.20. The van der Waals surface area contributed by atoms with Gasteiger partial charge >= 0.3 is 0 Å². The van der Waals surface area contributed by atoms with Crippen molar-refractivity contribution < 1.29 is 0 Å². The second-order valence-electron chi connectivity index (χ2n) is 6.10. The molecule has 1 atom stereocenters. The first-order valence-electron chi connectivity index (χ1n) is 7.97. The molecule has 0 spiro atoms. The van der Waals surface area contributed by atoms with Crippen LogP contribution in [-0.4, -0.2) is 25.8 Å². The standard InChI is InChI=1S/C19H18N4S/c1-12-7-9-15(10-8-12)17-14(3)24-19-21-20-18(23(19)22-17)16-6-4-5-13(2)11-16/h4-11,14H,1-3H3/t14-/m0/s1. The molecule has 5 heteroatoms. The second-order valence-corrected chi connectivity index (χ2v) is 7.41. The predicted octanol–water partition coefficient (Wildman–Crippen LogP) is 4.31. The maximum Gasteiger partial charge on any atom is 0.213 e. The molecule has 1 aromatic heterocycles. The van der Waals surface area contributed by atoms with E-state index >= 15 is 0 Å². The first-order valence-corrected chi connectivity index (χ1v) is 8.85. The molecule has 1 aliphatic heterocycles. The summed E-state index contributed by atoms with van der Waals surface area (Å²) in [7, 11) is 0. The number of benzene rings is 2. The van der Waals surface area contributed by atoms with Gasteiger partial charge in [-0.25, -0.2) is 0 Å². The summed E-state index contributed by atoms with van der Waals surface area (Å²) in [5.41, 5.74) is 5.69. The van der Waals surface area contributed by atoms with Crippen LogP contribution < -0.4 is 0 Å². The van der Waals surface area contributed by atoms with Gasteiger partial charge in [-0.05, 0) is 32.4 Å². The van der Waals surface area contributed by atoms with Crippen molar-refractivity contribution in [1.29, 1.82) is 0 Å². The average molecular weight is 334 g/mol. The molecule has 0 fully saturated rings. The number of fused-ring (bicyclic) bond motifs is 1. The molecule has 120 valence electrons. The fraction of sp³-hybridized carbons (Fsp3) is 0.211. The van der Waals surface area contributed by atoms with Crippen molar-refractivity contribution in [2.24, 2.45) is 5.10 Å². The number of hydrogen-bond donors (Lipinski definition) is 0. The van der Waals surface area contributed by atoms with Crippen molar-refractivity contribution in [3.8, 4) is 11.4 Å². The Kier molecular flexibility index (Phi) is 3.73. The molecule has 0 amide bonds. The zero-order chi connectivity index (χ0) is 16.7. The molecule has 0 saturated carbocycles. The van der Waals surface area contributed by atoms with Crippen LogP contribution in [0.25, 0.3) is 11.4 Å². The van der Waals surface area contributed by atoms with Crippen molar-refractivity contribution in [3.05, 3.63) is 65.2 Å². The molecule has 0 aliphatic carbocycles. The largest absolute Gasteiger partial charge is 0.213 e. The molecule has 0 radical (unpaired) electrons. The highest BCUT2D eigenvalue weighted by molar-refractivity contribution is 8.00. The van der Waals surface area contributed by atoms with E-state index in [4.69, 9.17) is 5.10 Å². The van der Waals surface area contributed by atoms with E-state index in [0.717, 1.165) is 27.8 Å². The predicted molar refractivity (Wildman–Crippen MR) is 98.6 cm³/mol. The van der Waals surface area contributed by atoms with Gasteiger partial charge in [0.05, 0.1) is 11.0 Å². The minimum Gasteiger partial charge on any atom is -0.187 e. The molecule has 0 saturated heterocycles. The molecule has 4 rings (SSSR count). The van der Waals surface area contributed by atoms with Crippen molar-refractivity contribution in [1.82, 2.24) is 14.9 Å². The third kappa shape index (κ3) is 2.65. The van der Waals surface area contributed by atoms with E-state index < -0.39 is 0 Å². The number of thioether (sulfide) groups is 1. The molecule has 1 aliphatic rings. The zero-order valence-corrected chi connectivity index (χ0v) is 14.7. The Bertz CT molecular complexity index is 925. The Hall–Kier alpha value is -2.40. The molecule has 0 unspecified atom stereocenters. The van der Waals surface area contributed by atoms with Gasteiger partial charge in [0.1, 0.15) is 0 Å². The van der Waals surface area contributed by atoms with Crippen molar-refractivity contribution in [2.75, 3.05) is 0 Å². The Balaban J connectivity index is 1.83. The van der Waals surface area contributed by atoms with E-state index in [1.165, 1.54) is 11.1 Å². The summed E-state index contributed by atoms with van der Waals surface area (Å²) in [6.45, 7) is 6.33. The van der Waals surface area contributed by atoms with Gasteiger partial charge in [-0.3, -0.25) is 0 Å². The van der Waals surface area contributed by atoms with E-state index in [-0.39, 0.29) is 5.25 Å². The van der Waals surface area contributed by atoms with Gasteiger partial charge in [-0.2, -0.15) is 9.78 Å². The lowest BCUT2D eigenvalue weighted by atomic mass is 10.1. The molecule has 2 heterocycles. The van der Waals surface area contributed by atoms with Gasteiger partial charge in [-0.15, -0.1) is 10.2 Å². The summed E-state index contributed by atoms with van der Waals surface area (Å²) >= 11 is 1.70. The zero-order valence-electron chi connectivity index (χ0n) is 13.9. The fourth-order valence-electron chi connectivity index (χ4n) is 2.81. The summed E-state index contributed by atoms with van der Waals surface area (Å²) in [5, 5.41) is 14.7. The van der Waals surface area contributed by atoms with Crippen LogP contribution in [-0.2, 0) is 0 Å². The van der Waals surface area contributed by atoms with Crippen LogP contribution in [0, 0.1) is 13.8 Å². The van der Waals surface area contributed by atoms with Crippen LogP contribution in [0.15, 0.2) is 58.8 Å². The number of rotatable bonds is 2. The number of hydrogen-bond acceptors (Lipinski definition) is 4. The highest BCUT2D eigenvalue weighted by Gasteiger charge is 2.26. The van der Waals surface area contributed by atoms with Gasteiger partial charge in [0.25, 0.3) is 0 Å². The van der Waals surface area contributed by atoms with E-state index in [0.29, 0.717) is 0 Å². The Labute approximate surface area is 145 Å². The highest BCUT2D eigenvalue weighted by atomic mass is 32.2. The van der Waals surface area contributed by atoms with Gasteiger partial charge < -0.3 is 0 Å². The van der Waals surface area contributed by atoms with Crippen LogP contribution in [0.2, 0.25) is 0 Å². The molecule has 4 nitrogen and oxygen atoms in total. The monoisotopic (exact) mass is 334 g/mol. The minimum atomic E-state index is 0.245. The van der Waals surface area contributed by atoms with E-state index in [9.17, 15) is 0 Å². The quantitative estimate of drug-likeness (QED) is 0.701. The van der Waals surface area contributed by atoms with Crippen LogP contribution in [0.1, 0.15) is 23.6 Å². The summed E-state index contributed by atoms with van der Waals surface area (Å²) < 4.78 is 1.87. The van der Waals surface area contributed by atoms with Gasteiger partial charge in [0.15, 0.2) is 5.82 Å². The molecule has 0 bridgehead atoms. The topological polar surface area (TPSA) is 43.1 Å². The van der Waals surface area contributed by atoms with E-state index in [2.05, 4.69) is 67.4 Å². The summed E-state index contributed by atoms with van der Waals surface area (Å²) in [5.74, 6) is 0.790. The summed E-state index contributed by atoms with van der Waals surface area (Å²) in [4.78, 5) is 0. The third-order valence-corrected chi connectivity index (χ3v) is 5.15. The van der Waals surface area contributed by atoms with Gasteiger partial charge in [0.2, 0.25) is 5.16 Å². The van der Waals surface area contributed by atoms with Crippen molar-refractivity contribution >= 4 is 17.5 Å². The maximum atomic E-state index is 4.88. The van der Waals surface area contributed by atoms with Crippen molar-refractivity contribution in [2.45, 2.75) is 31.2 Å². The second kappa shape index (κ2) is 5.91. The normalized spacial score (nSPS) is 16.6. The number of aromatic nitrogens is 3. The van der Waals surface area contributed by atoms with Crippen LogP contribution in [0.3, 0.4) is 0 Å². The molecule has 0 N–H and O–H groups in total. The highest BCUT2D eigenvalue weighted by Crippen LogP contribution is 2.32. The average Bonchev–Trinajstić information content (AvgIpc) is 2.97. The fourth-order valence-corrected chi connectivity index (χ4v) is 3.74. The van der Waals surface area contributed by atoms with Crippen LogP contribution >= 0.6 is 11.8 Å². The first kappa shape index (κ1) is 15.1. The molecular weight excluding hydrogens is 316 g/mol.